The fourth-order valence-corrected chi connectivity index (χ4v) is 3.33. The number of benzene rings is 1. The maximum Gasteiger partial charge on any atom is 0.126 e. The Morgan fingerprint density at radius 2 is 1.90 bits per heavy atom. The number of aryl methyl sites for hydroxylation is 1. The molecule has 0 saturated heterocycles. The normalized spacial score (nSPS) is 19.1. The van der Waals surface area contributed by atoms with Gasteiger partial charge in [-0.25, -0.2) is 4.39 Å². The summed E-state index contributed by atoms with van der Waals surface area (Å²) in [6.45, 7) is 2.40. The molecule has 0 bridgehead atoms. The summed E-state index contributed by atoms with van der Waals surface area (Å²) in [5.41, 5.74) is 7.85. The molecule has 1 saturated carbocycles. The van der Waals surface area contributed by atoms with E-state index in [1.807, 2.05) is 19.1 Å². The van der Waals surface area contributed by atoms with Gasteiger partial charge in [-0.05, 0) is 44.0 Å². The third-order valence-electron chi connectivity index (χ3n) is 4.68. The minimum atomic E-state index is -0.137. The van der Waals surface area contributed by atoms with Crippen molar-refractivity contribution in [3.8, 4) is 0 Å². The van der Waals surface area contributed by atoms with Gasteiger partial charge in [0.1, 0.15) is 5.82 Å². The average Bonchev–Trinajstić information content (AvgIpc) is 2.72. The lowest BCUT2D eigenvalue weighted by Crippen LogP contribution is -2.38. The van der Waals surface area contributed by atoms with Crippen molar-refractivity contribution in [2.45, 2.75) is 57.5 Å². The second-order valence-corrected chi connectivity index (χ2v) is 6.07. The molecule has 1 fully saturated rings. The van der Waals surface area contributed by atoms with Crippen molar-refractivity contribution in [1.29, 1.82) is 0 Å². The monoisotopic (exact) mass is 278 g/mol. The number of rotatable bonds is 4. The van der Waals surface area contributed by atoms with E-state index >= 15 is 0 Å². The summed E-state index contributed by atoms with van der Waals surface area (Å²) in [5, 5.41) is 0. The molecule has 112 valence electrons. The first kappa shape index (κ1) is 15.5. The minimum absolute atomic E-state index is 0.137. The van der Waals surface area contributed by atoms with E-state index in [-0.39, 0.29) is 11.9 Å². The van der Waals surface area contributed by atoms with Crippen molar-refractivity contribution in [3.05, 3.63) is 35.1 Å². The third-order valence-corrected chi connectivity index (χ3v) is 4.68. The Bertz CT molecular complexity index is 425. The molecule has 2 N–H and O–H groups in total. The number of hydrogen-bond acceptors (Lipinski definition) is 2. The molecule has 0 spiro atoms. The van der Waals surface area contributed by atoms with Gasteiger partial charge in [-0.2, -0.15) is 0 Å². The summed E-state index contributed by atoms with van der Waals surface area (Å²) in [5.74, 6) is -0.137. The molecule has 3 heteroatoms. The molecular weight excluding hydrogens is 251 g/mol. The van der Waals surface area contributed by atoms with Crippen LogP contribution in [0.5, 0.6) is 0 Å². The molecule has 0 heterocycles. The molecule has 1 aliphatic rings. The lowest BCUT2D eigenvalue weighted by atomic mass is 9.99. The van der Waals surface area contributed by atoms with E-state index in [0.717, 1.165) is 5.56 Å². The Kier molecular flexibility index (Phi) is 5.55. The summed E-state index contributed by atoms with van der Waals surface area (Å²) in [4.78, 5) is 2.41. The van der Waals surface area contributed by atoms with E-state index in [4.69, 9.17) is 5.73 Å². The average molecular weight is 278 g/mol. The largest absolute Gasteiger partial charge is 0.329 e. The van der Waals surface area contributed by atoms with Crippen LogP contribution in [-0.4, -0.2) is 24.5 Å². The lowest BCUT2D eigenvalue weighted by Gasteiger charge is -2.34. The van der Waals surface area contributed by atoms with Crippen molar-refractivity contribution < 1.29 is 4.39 Å². The summed E-state index contributed by atoms with van der Waals surface area (Å²) in [6.07, 6.45) is 7.85. The molecule has 1 atom stereocenters. The van der Waals surface area contributed by atoms with Gasteiger partial charge >= 0.3 is 0 Å². The molecule has 0 aromatic heterocycles. The Balaban J connectivity index is 2.15. The van der Waals surface area contributed by atoms with Crippen molar-refractivity contribution in [2.75, 3.05) is 13.6 Å². The standard InChI is InChI=1S/C17H27FN2/c1-13-11-14(9-10-16(13)18)17(12-19)20(2)15-7-5-3-4-6-8-15/h9-11,15,17H,3-8,12,19H2,1-2H3. The van der Waals surface area contributed by atoms with Crippen LogP contribution in [-0.2, 0) is 0 Å². The number of hydrogen-bond donors (Lipinski definition) is 1. The second kappa shape index (κ2) is 7.19. The van der Waals surface area contributed by atoms with Gasteiger partial charge in [-0.1, -0.05) is 37.8 Å². The van der Waals surface area contributed by atoms with Crippen LogP contribution in [0.4, 0.5) is 4.39 Å². The van der Waals surface area contributed by atoms with E-state index in [9.17, 15) is 4.39 Å². The summed E-state index contributed by atoms with van der Waals surface area (Å²) in [7, 11) is 2.17. The highest BCUT2D eigenvalue weighted by Gasteiger charge is 2.24. The number of nitrogens with zero attached hydrogens (tertiary/aromatic N) is 1. The van der Waals surface area contributed by atoms with E-state index < -0.39 is 0 Å². The third kappa shape index (κ3) is 3.58. The van der Waals surface area contributed by atoms with Crippen LogP contribution in [0.2, 0.25) is 0 Å². The summed E-state index contributed by atoms with van der Waals surface area (Å²) < 4.78 is 13.4. The quantitative estimate of drug-likeness (QED) is 0.849. The molecule has 2 rings (SSSR count). The molecule has 1 aromatic carbocycles. The van der Waals surface area contributed by atoms with Gasteiger partial charge in [0.05, 0.1) is 0 Å². The molecule has 20 heavy (non-hydrogen) atoms. The Labute approximate surface area is 122 Å². The molecule has 0 amide bonds. The summed E-state index contributed by atoms with van der Waals surface area (Å²) in [6, 6.07) is 6.19. The van der Waals surface area contributed by atoms with Gasteiger partial charge in [0.15, 0.2) is 0 Å². The maximum absolute atomic E-state index is 13.4. The highest BCUT2D eigenvalue weighted by molar-refractivity contribution is 5.27. The SMILES string of the molecule is Cc1cc(C(CN)N(C)C2CCCCCC2)ccc1F. The topological polar surface area (TPSA) is 29.3 Å². The fourth-order valence-electron chi connectivity index (χ4n) is 3.33. The first-order valence-corrected chi connectivity index (χ1v) is 7.81. The molecule has 0 aliphatic heterocycles. The zero-order chi connectivity index (χ0) is 14.5. The van der Waals surface area contributed by atoms with Gasteiger partial charge in [0.25, 0.3) is 0 Å². The van der Waals surface area contributed by atoms with Crippen molar-refractivity contribution in [3.63, 3.8) is 0 Å². The van der Waals surface area contributed by atoms with E-state index in [2.05, 4.69) is 11.9 Å². The van der Waals surface area contributed by atoms with Crippen LogP contribution >= 0.6 is 0 Å². The van der Waals surface area contributed by atoms with Gasteiger partial charge in [-0.3, -0.25) is 4.90 Å². The van der Waals surface area contributed by atoms with E-state index in [0.29, 0.717) is 18.2 Å². The van der Waals surface area contributed by atoms with Crippen LogP contribution < -0.4 is 5.73 Å². The molecule has 2 nitrogen and oxygen atoms in total. The first-order chi connectivity index (χ1) is 9.63. The van der Waals surface area contributed by atoms with Gasteiger partial charge < -0.3 is 5.73 Å². The van der Waals surface area contributed by atoms with Crippen LogP contribution in [0, 0.1) is 12.7 Å². The first-order valence-electron chi connectivity index (χ1n) is 7.81. The smallest absolute Gasteiger partial charge is 0.126 e. The zero-order valence-corrected chi connectivity index (χ0v) is 12.7. The molecule has 1 unspecified atom stereocenters. The van der Waals surface area contributed by atoms with E-state index in [1.54, 1.807) is 6.07 Å². The molecule has 0 radical (unpaired) electrons. The van der Waals surface area contributed by atoms with Crippen molar-refractivity contribution in [1.82, 2.24) is 4.90 Å². The van der Waals surface area contributed by atoms with Gasteiger partial charge in [-0.15, -0.1) is 0 Å². The number of likely N-dealkylation sites (N-methyl/N-ethyl adjacent to an activating group) is 1. The van der Waals surface area contributed by atoms with Gasteiger partial charge in [0, 0.05) is 18.6 Å². The predicted octanol–water partition coefficient (Wildman–Crippen LogP) is 3.79. The predicted molar refractivity (Wildman–Crippen MR) is 82.2 cm³/mol. The van der Waals surface area contributed by atoms with Crippen LogP contribution in [0.25, 0.3) is 0 Å². The van der Waals surface area contributed by atoms with Crippen LogP contribution in [0.1, 0.15) is 55.7 Å². The molecule has 1 aliphatic carbocycles. The zero-order valence-electron chi connectivity index (χ0n) is 12.7. The van der Waals surface area contributed by atoms with Crippen molar-refractivity contribution in [2.24, 2.45) is 5.73 Å². The number of nitrogens with two attached hydrogens (primary N) is 1. The molecule has 1 aromatic rings. The minimum Gasteiger partial charge on any atom is -0.329 e. The second-order valence-electron chi connectivity index (χ2n) is 6.07. The molecular formula is C17H27FN2. The highest BCUT2D eigenvalue weighted by atomic mass is 19.1. The summed E-state index contributed by atoms with van der Waals surface area (Å²) >= 11 is 0. The Morgan fingerprint density at radius 1 is 1.25 bits per heavy atom. The number of halogens is 1. The Morgan fingerprint density at radius 3 is 2.45 bits per heavy atom. The van der Waals surface area contributed by atoms with Crippen LogP contribution in [0.15, 0.2) is 18.2 Å². The highest BCUT2D eigenvalue weighted by Crippen LogP contribution is 2.28. The van der Waals surface area contributed by atoms with Crippen molar-refractivity contribution >= 4 is 0 Å². The maximum atomic E-state index is 13.4. The van der Waals surface area contributed by atoms with E-state index in [1.165, 1.54) is 38.5 Å². The van der Waals surface area contributed by atoms with Crippen LogP contribution in [0.3, 0.4) is 0 Å². The fraction of sp³-hybridized carbons (Fsp3) is 0.647. The Hall–Kier alpha value is -0.930. The van der Waals surface area contributed by atoms with Gasteiger partial charge in [0.2, 0.25) is 0 Å². The lowest BCUT2D eigenvalue weighted by molar-refractivity contribution is 0.161.